The second-order valence-electron chi connectivity index (χ2n) is 3.99. The van der Waals surface area contributed by atoms with Crippen LogP contribution < -0.4 is 5.32 Å². The molecule has 1 saturated carbocycles. The molecule has 1 aliphatic rings. The highest BCUT2D eigenvalue weighted by atomic mass is 15.2. The highest BCUT2D eigenvalue weighted by molar-refractivity contribution is 5.48. The Kier molecular flexibility index (Phi) is 2.40. The van der Waals surface area contributed by atoms with Crippen molar-refractivity contribution in [1.82, 2.24) is 10.2 Å². The number of hydrogen-bond acceptors (Lipinski definition) is 3. The van der Waals surface area contributed by atoms with E-state index in [9.17, 15) is 0 Å². The minimum absolute atomic E-state index is 0.692. The Labute approximate surface area is 84.9 Å². The highest BCUT2D eigenvalue weighted by Gasteiger charge is 2.28. The molecule has 1 N–H and O–H groups in total. The molecule has 1 fully saturated rings. The lowest BCUT2D eigenvalue weighted by Crippen LogP contribution is -2.07. The summed E-state index contributed by atoms with van der Waals surface area (Å²) >= 11 is 0. The van der Waals surface area contributed by atoms with Gasteiger partial charge in [-0.25, -0.2) is 0 Å². The Morgan fingerprint density at radius 1 is 1.21 bits per heavy atom. The second-order valence-corrected chi connectivity index (χ2v) is 3.99. The topological polar surface area (TPSA) is 37.8 Å². The van der Waals surface area contributed by atoms with Crippen LogP contribution in [0.3, 0.4) is 0 Å². The molecule has 2 rings (SSSR count). The van der Waals surface area contributed by atoms with Gasteiger partial charge in [-0.05, 0) is 44.7 Å². The predicted octanol–water partition coefficient (Wildman–Crippen LogP) is 2.40. The number of anilines is 1. The van der Waals surface area contributed by atoms with Gasteiger partial charge in [0.25, 0.3) is 0 Å². The van der Waals surface area contributed by atoms with Crippen LogP contribution in [0.1, 0.15) is 42.5 Å². The molecule has 0 aromatic carbocycles. The van der Waals surface area contributed by atoms with E-state index in [0.29, 0.717) is 5.92 Å². The molecule has 0 atom stereocenters. The molecule has 14 heavy (non-hydrogen) atoms. The average molecular weight is 191 g/mol. The van der Waals surface area contributed by atoms with E-state index in [1.165, 1.54) is 29.7 Å². The average Bonchev–Trinajstić information content (AvgIpc) is 2.97. The molecule has 1 aromatic rings. The number of hydrogen-bond donors (Lipinski definition) is 1. The molecule has 0 spiro atoms. The Hall–Kier alpha value is -1.12. The van der Waals surface area contributed by atoms with Crippen LogP contribution in [0.5, 0.6) is 0 Å². The van der Waals surface area contributed by atoms with Crippen LogP contribution >= 0.6 is 0 Å². The number of rotatable bonds is 3. The van der Waals surface area contributed by atoms with Crippen LogP contribution in [0.15, 0.2) is 0 Å². The van der Waals surface area contributed by atoms with E-state index in [4.69, 9.17) is 0 Å². The van der Waals surface area contributed by atoms with Crippen LogP contribution in [0.4, 0.5) is 5.82 Å². The van der Waals surface area contributed by atoms with Crippen LogP contribution in [-0.4, -0.2) is 16.7 Å². The molecule has 76 valence electrons. The summed E-state index contributed by atoms with van der Waals surface area (Å²) in [5.74, 6) is 1.63. The van der Waals surface area contributed by atoms with E-state index in [1.807, 2.05) is 0 Å². The van der Waals surface area contributed by atoms with Gasteiger partial charge >= 0.3 is 0 Å². The van der Waals surface area contributed by atoms with Crippen molar-refractivity contribution in [2.75, 3.05) is 11.9 Å². The maximum atomic E-state index is 4.31. The number of nitrogens with zero attached hydrogens (tertiary/aromatic N) is 2. The lowest BCUT2D eigenvalue weighted by molar-refractivity contribution is 0.879. The van der Waals surface area contributed by atoms with Gasteiger partial charge in [0, 0.05) is 12.5 Å². The largest absolute Gasteiger partial charge is 0.369 e. The van der Waals surface area contributed by atoms with Crippen molar-refractivity contribution >= 4 is 5.82 Å². The van der Waals surface area contributed by atoms with Gasteiger partial charge in [0.1, 0.15) is 0 Å². The summed E-state index contributed by atoms with van der Waals surface area (Å²) in [6, 6.07) is 0. The quantitative estimate of drug-likeness (QED) is 0.797. The third-order valence-electron chi connectivity index (χ3n) is 2.87. The highest BCUT2D eigenvalue weighted by Crippen LogP contribution is 2.41. The molecular weight excluding hydrogens is 174 g/mol. The summed E-state index contributed by atoms with van der Waals surface area (Å²) in [5, 5.41) is 11.8. The lowest BCUT2D eigenvalue weighted by atomic mass is 10.1. The van der Waals surface area contributed by atoms with E-state index in [-0.39, 0.29) is 0 Å². The fourth-order valence-corrected chi connectivity index (χ4v) is 1.70. The molecule has 1 aliphatic carbocycles. The van der Waals surface area contributed by atoms with Gasteiger partial charge in [0.15, 0.2) is 5.82 Å². The van der Waals surface area contributed by atoms with E-state index in [0.717, 1.165) is 12.4 Å². The van der Waals surface area contributed by atoms with E-state index >= 15 is 0 Å². The van der Waals surface area contributed by atoms with Gasteiger partial charge in [-0.15, -0.1) is 5.10 Å². The Morgan fingerprint density at radius 2 is 1.93 bits per heavy atom. The van der Waals surface area contributed by atoms with Crippen molar-refractivity contribution in [3.05, 3.63) is 16.8 Å². The Morgan fingerprint density at radius 3 is 2.50 bits per heavy atom. The zero-order valence-electron chi connectivity index (χ0n) is 9.09. The first-order chi connectivity index (χ1) is 6.74. The molecule has 3 nitrogen and oxygen atoms in total. The van der Waals surface area contributed by atoms with Crippen molar-refractivity contribution in [2.45, 2.75) is 39.5 Å². The molecule has 0 amide bonds. The molecule has 0 aliphatic heterocycles. The van der Waals surface area contributed by atoms with Crippen molar-refractivity contribution in [1.29, 1.82) is 0 Å². The van der Waals surface area contributed by atoms with Gasteiger partial charge in [0.05, 0.1) is 5.69 Å². The van der Waals surface area contributed by atoms with Gasteiger partial charge in [-0.1, -0.05) is 0 Å². The maximum Gasteiger partial charge on any atom is 0.151 e. The fourth-order valence-electron chi connectivity index (χ4n) is 1.70. The summed E-state index contributed by atoms with van der Waals surface area (Å²) in [4.78, 5) is 0. The number of aromatic nitrogens is 2. The van der Waals surface area contributed by atoms with Crippen LogP contribution in [0, 0.1) is 13.8 Å². The van der Waals surface area contributed by atoms with E-state index in [2.05, 4.69) is 36.3 Å². The minimum Gasteiger partial charge on any atom is -0.369 e. The zero-order chi connectivity index (χ0) is 10.1. The monoisotopic (exact) mass is 191 g/mol. The first kappa shape index (κ1) is 9.44. The van der Waals surface area contributed by atoms with Crippen molar-refractivity contribution in [2.24, 2.45) is 0 Å². The molecule has 3 heteroatoms. The molecule has 0 bridgehead atoms. The van der Waals surface area contributed by atoms with Crippen LogP contribution in [-0.2, 0) is 0 Å². The standard InChI is InChI=1S/C11H17N3/c1-4-12-11-8(3)7(2)10(13-14-11)9-5-6-9/h9H,4-6H2,1-3H3,(H,12,14). The molecule has 1 aromatic heterocycles. The summed E-state index contributed by atoms with van der Waals surface area (Å²) in [6.07, 6.45) is 2.57. The summed E-state index contributed by atoms with van der Waals surface area (Å²) < 4.78 is 0. The molecular formula is C11H17N3. The number of nitrogens with one attached hydrogen (secondary N) is 1. The maximum absolute atomic E-state index is 4.31. The second kappa shape index (κ2) is 3.56. The lowest BCUT2D eigenvalue weighted by Gasteiger charge is -2.10. The van der Waals surface area contributed by atoms with Crippen LogP contribution in [0.25, 0.3) is 0 Å². The van der Waals surface area contributed by atoms with Crippen molar-refractivity contribution < 1.29 is 0 Å². The summed E-state index contributed by atoms with van der Waals surface area (Å²) in [7, 11) is 0. The normalized spacial score (nSPS) is 15.6. The van der Waals surface area contributed by atoms with Gasteiger partial charge in [-0.3, -0.25) is 0 Å². The van der Waals surface area contributed by atoms with Crippen molar-refractivity contribution in [3.8, 4) is 0 Å². The molecule has 0 saturated heterocycles. The van der Waals surface area contributed by atoms with E-state index in [1.54, 1.807) is 0 Å². The Bertz CT molecular complexity index is 343. The Balaban J connectivity index is 2.34. The third-order valence-corrected chi connectivity index (χ3v) is 2.87. The smallest absolute Gasteiger partial charge is 0.151 e. The fraction of sp³-hybridized carbons (Fsp3) is 0.636. The first-order valence-corrected chi connectivity index (χ1v) is 5.31. The molecule has 1 heterocycles. The summed E-state index contributed by atoms with van der Waals surface area (Å²) in [6.45, 7) is 7.25. The zero-order valence-corrected chi connectivity index (χ0v) is 9.09. The van der Waals surface area contributed by atoms with E-state index < -0.39 is 0 Å². The van der Waals surface area contributed by atoms with Gasteiger partial charge in [0.2, 0.25) is 0 Å². The van der Waals surface area contributed by atoms with Crippen LogP contribution in [0.2, 0.25) is 0 Å². The van der Waals surface area contributed by atoms with Gasteiger partial charge < -0.3 is 5.32 Å². The predicted molar refractivity (Wildman–Crippen MR) is 57.6 cm³/mol. The molecule has 0 radical (unpaired) electrons. The third kappa shape index (κ3) is 1.59. The molecule has 0 unspecified atom stereocenters. The first-order valence-electron chi connectivity index (χ1n) is 5.31. The van der Waals surface area contributed by atoms with Crippen molar-refractivity contribution in [3.63, 3.8) is 0 Å². The van der Waals surface area contributed by atoms with Gasteiger partial charge in [-0.2, -0.15) is 5.10 Å². The minimum atomic E-state index is 0.692. The summed E-state index contributed by atoms with van der Waals surface area (Å²) in [5.41, 5.74) is 3.78. The SMILES string of the molecule is CCNc1nnc(C2CC2)c(C)c1C.